The number of aliphatic hydroxyl groups is 1. The highest BCUT2D eigenvalue weighted by Crippen LogP contribution is 2.28. The van der Waals surface area contributed by atoms with Crippen LogP contribution in [-0.2, 0) is 21.2 Å². The van der Waals surface area contributed by atoms with Crippen molar-refractivity contribution in [2.75, 3.05) is 32.8 Å². The molecule has 0 aliphatic carbocycles. The van der Waals surface area contributed by atoms with Gasteiger partial charge in [0.05, 0.1) is 11.9 Å². The Hall–Kier alpha value is -2.43. The maximum atomic E-state index is 13.2. The number of nitrogens with zero attached hydrogens (tertiary/aromatic N) is 2. The molecule has 3 N–H and O–H groups in total. The molecule has 1 aromatic rings. The fraction of sp³-hybridized carbons (Fsp3) is 0.545. The zero-order valence-corrected chi connectivity index (χ0v) is 19.0. The van der Waals surface area contributed by atoms with Crippen molar-refractivity contribution >= 4 is 22.0 Å². The van der Waals surface area contributed by atoms with Gasteiger partial charge in [0.15, 0.2) is 0 Å². The number of amides is 3. The van der Waals surface area contributed by atoms with Gasteiger partial charge in [-0.25, -0.2) is 13.2 Å². The lowest BCUT2D eigenvalue weighted by molar-refractivity contribution is -0.117. The maximum Gasteiger partial charge on any atom is 0.317 e. The Morgan fingerprint density at radius 3 is 2.50 bits per heavy atom. The Bertz CT molecular complexity index is 900. The second kappa shape index (κ2) is 10.9. The van der Waals surface area contributed by atoms with Crippen molar-refractivity contribution in [3.63, 3.8) is 0 Å². The Labute approximate surface area is 189 Å². The number of urea groups is 1. The molecule has 32 heavy (non-hydrogen) atoms. The van der Waals surface area contributed by atoms with Crippen LogP contribution in [0.15, 0.2) is 43.0 Å². The molecule has 0 aromatic heterocycles. The second-order valence-electron chi connectivity index (χ2n) is 8.25. The van der Waals surface area contributed by atoms with Crippen LogP contribution in [-0.4, -0.2) is 84.8 Å². The van der Waals surface area contributed by atoms with Gasteiger partial charge in [-0.1, -0.05) is 36.9 Å². The molecule has 2 saturated heterocycles. The topological polar surface area (TPSA) is 119 Å². The summed E-state index contributed by atoms with van der Waals surface area (Å²) >= 11 is 0. The van der Waals surface area contributed by atoms with Crippen LogP contribution in [0.25, 0.3) is 0 Å². The summed E-state index contributed by atoms with van der Waals surface area (Å²) in [5, 5.41) is 14.7. The normalized spacial score (nSPS) is 22.5. The van der Waals surface area contributed by atoms with Gasteiger partial charge in [-0.15, -0.1) is 0 Å². The quantitative estimate of drug-likeness (QED) is 0.483. The third kappa shape index (κ3) is 5.87. The Kier molecular flexibility index (Phi) is 8.27. The summed E-state index contributed by atoms with van der Waals surface area (Å²) in [6, 6.07) is 8.78. The van der Waals surface area contributed by atoms with Gasteiger partial charge in [0.25, 0.3) is 0 Å². The standard InChI is InChI=1S/C22H32N4O5S/c1-2-21(28)24-18-14-19(16-27)26(15-18)32(30,31)20-9-12-25(13-10-20)22(29)23-11-8-17-6-4-3-5-7-17/h2-7,18-20,27H,1,8-16H2,(H,23,29)(H,24,28). The molecule has 3 amide bonds. The predicted octanol–water partition coefficient (Wildman–Crippen LogP) is 0.470. The molecule has 9 nitrogen and oxygen atoms in total. The summed E-state index contributed by atoms with van der Waals surface area (Å²) in [7, 11) is -3.66. The van der Waals surface area contributed by atoms with Gasteiger partial charge in [0.2, 0.25) is 15.9 Å². The summed E-state index contributed by atoms with van der Waals surface area (Å²) in [5.74, 6) is -0.363. The van der Waals surface area contributed by atoms with E-state index < -0.39 is 21.3 Å². The van der Waals surface area contributed by atoms with E-state index in [1.807, 2.05) is 30.3 Å². The Morgan fingerprint density at radius 2 is 1.88 bits per heavy atom. The number of hydrogen-bond donors (Lipinski definition) is 3. The van der Waals surface area contributed by atoms with Crippen molar-refractivity contribution in [3.05, 3.63) is 48.6 Å². The highest BCUT2D eigenvalue weighted by atomic mass is 32.2. The largest absolute Gasteiger partial charge is 0.395 e. The average molecular weight is 465 g/mol. The predicted molar refractivity (Wildman–Crippen MR) is 121 cm³/mol. The molecule has 0 spiro atoms. The van der Waals surface area contributed by atoms with Crippen LogP contribution in [0, 0.1) is 0 Å². The van der Waals surface area contributed by atoms with Gasteiger partial charge < -0.3 is 20.6 Å². The van der Waals surface area contributed by atoms with E-state index in [9.17, 15) is 23.1 Å². The van der Waals surface area contributed by atoms with Crippen LogP contribution >= 0.6 is 0 Å². The molecule has 2 aliphatic heterocycles. The fourth-order valence-corrected chi connectivity index (χ4v) is 6.49. The van der Waals surface area contributed by atoms with Crippen molar-refractivity contribution < 1.29 is 23.1 Å². The molecule has 0 radical (unpaired) electrons. The van der Waals surface area contributed by atoms with Crippen LogP contribution < -0.4 is 10.6 Å². The average Bonchev–Trinajstić information content (AvgIpc) is 3.23. The van der Waals surface area contributed by atoms with Gasteiger partial charge in [0.1, 0.15) is 0 Å². The first-order valence-corrected chi connectivity index (χ1v) is 12.5. The van der Waals surface area contributed by atoms with E-state index in [1.165, 1.54) is 4.31 Å². The van der Waals surface area contributed by atoms with E-state index in [0.29, 0.717) is 38.9 Å². The number of benzene rings is 1. The van der Waals surface area contributed by atoms with Crippen molar-refractivity contribution in [3.8, 4) is 0 Å². The van der Waals surface area contributed by atoms with Gasteiger partial charge >= 0.3 is 6.03 Å². The number of aliphatic hydroxyl groups excluding tert-OH is 1. The van der Waals surface area contributed by atoms with E-state index in [0.717, 1.165) is 18.1 Å². The molecular weight excluding hydrogens is 432 g/mol. The minimum absolute atomic E-state index is 0.132. The lowest BCUT2D eigenvalue weighted by Crippen LogP contribution is -2.51. The number of rotatable bonds is 8. The first-order chi connectivity index (χ1) is 15.3. The fourth-order valence-electron chi connectivity index (χ4n) is 4.35. The van der Waals surface area contributed by atoms with Crippen LogP contribution in [0.4, 0.5) is 4.79 Å². The van der Waals surface area contributed by atoms with E-state index in [4.69, 9.17) is 0 Å². The number of likely N-dealkylation sites (tertiary alicyclic amines) is 1. The number of hydrogen-bond acceptors (Lipinski definition) is 5. The zero-order chi connectivity index (χ0) is 23.1. The molecule has 176 valence electrons. The first kappa shape index (κ1) is 24.2. The lowest BCUT2D eigenvalue weighted by Gasteiger charge is -2.34. The first-order valence-electron chi connectivity index (χ1n) is 11.0. The molecule has 2 unspecified atom stereocenters. The number of nitrogens with one attached hydrogen (secondary N) is 2. The van der Waals surface area contributed by atoms with Gasteiger partial charge in [0, 0.05) is 38.3 Å². The van der Waals surface area contributed by atoms with E-state index in [1.54, 1.807) is 4.90 Å². The Morgan fingerprint density at radius 1 is 1.19 bits per heavy atom. The summed E-state index contributed by atoms with van der Waals surface area (Å²) < 4.78 is 27.8. The maximum absolute atomic E-state index is 13.2. The molecule has 0 saturated carbocycles. The SMILES string of the molecule is C=CC(=O)NC1CC(CO)N(S(=O)(=O)C2CCN(C(=O)NCCc3ccccc3)CC2)C1. The van der Waals surface area contributed by atoms with Gasteiger partial charge in [-0.2, -0.15) is 4.31 Å². The third-order valence-electron chi connectivity index (χ3n) is 6.12. The van der Waals surface area contributed by atoms with E-state index in [-0.39, 0.29) is 31.1 Å². The summed E-state index contributed by atoms with van der Waals surface area (Å²) in [4.78, 5) is 25.7. The number of sulfonamides is 1. The van der Waals surface area contributed by atoms with E-state index in [2.05, 4.69) is 17.2 Å². The number of piperidine rings is 1. The molecule has 2 atom stereocenters. The van der Waals surface area contributed by atoms with Crippen LogP contribution in [0.2, 0.25) is 0 Å². The molecular formula is C22H32N4O5S. The Balaban J connectivity index is 1.50. The molecule has 2 heterocycles. The molecule has 3 rings (SSSR count). The number of carbonyl (C=O) groups is 2. The minimum atomic E-state index is -3.66. The minimum Gasteiger partial charge on any atom is -0.395 e. The molecule has 10 heteroatoms. The lowest BCUT2D eigenvalue weighted by atomic mass is 10.1. The van der Waals surface area contributed by atoms with Crippen molar-refractivity contribution in [1.82, 2.24) is 19.8 Å². The zero-order valence-electron chi connectivity index (χ0n) is 18.2. The van der Waals surface area contributed by atoms with Crippen LogP contribution in [0.3, 0.4) is 0 Å². The third-order valence-corrected chi connectivity index (χ3v) is 8.53. The van der Waals surface area contributed by atoms with Gasteiger partial charge in [-0.05, 0) is 37.3 Å². The molecule has 2 fully saturated rings. The van der Waals surface area contributed by atoms with Crippen LogP contribution in [0.1, 0.15) is 24.8 Å². The molecule has 2 aliphatic rings. The molecule has 0 bridgehead atoms. The van der Waals surface area contributed by atoms with Crippen LogP contribution in [0.5, 0.6) is 0 Å². The molecule has 1 aromatic carbocycles. The second-order valence-corrected chi connectivity index (χ2v) is 10.4. The van der Waals surface area contributed by atoms with Crippen molar-refractivity contribution in [2.24, 2.45) is 0 Å². The van der Waals surface area contributed by atoms with Crippen molar-refractivity contribution in [2.45, 2.75) is 43.0 Å². The monoisotopic (exact) mass is 464 g/mol. The van der Waals surface area contributed by atoms with Gasteiger partial charge in [-0.3, -0.25) is 4.79 Å². The van der Waals surface area contributed by atoms with Crippen molar-refractivity contribution in [1.29, 1.82) is 0 Å². The summed E-state index contributed by atoms with van der Waals surface area (Å²) in [5.41, 5.74) is 1.14. The summed E-state index contributed by atoms with van der Waals surface area (Å²) in [6.07, 6.45) is 2.92. The summed E-state index contributed by atoms with van der Waals surface area (Å²) in [6.45, 7) is 4.47. The van der Waals surface area contributed by atoms with E-state index >= 15 is 0 Å². The highest BCUT2D eigenvalue weighted by molar-refractivity contribution is 7.89. The highest BCUT2D eigenvalue weighted by Gasteiger charge is 2.44. The smallest absolute Gasteiger partial charge is 0.317 e. The number of carbonyl (C=O) groups excluding carboxylic acids is 2.